The standard InChI is InChI=1S/C21H28N6O/c1-6-15-11-16(21(28)22-9-10-25(2)3)7-8-18(15)27(5)20-12-19-17(13-23-20)24-14-26(19)4/h7-8,11-14H,6,9-10H2,1-5H3,(H,22,28). The summed E-state index contributed by atoms with van der Waals surface area (Å²) in [6, 6.07) is 7.87. The fraction of sp³-hybridized carbons (Fsp3) is 0.381. The van der Waals surface area contributed by atoms with Gasteiger partial charge in [-0.15, -0.1) is 0 Å². The van der Waals surface area contributed by atoms with Crippen LogP contribution in [-0.2, 0) is 13.5 Å². The molecule has 7 nitrogen and oxygen atoms in total. The second kappa shape index (κ2) is 8.39. The van der Waals surface area contributed by atoms with Crippen molar-refractivity contribution in [3.05, 3.63) is 47.9 Å². The molecule has 0 unspecified atom stereocenters. The number of pyridine rings is 1. The van der Waals surface area contributed by atoms with Crippen LogP contribution in [0.4, 0.5) is 11.5 Å². The van der Waals surface area contributed by atoms with Crippen molar-refractivity contribution in [1.29, 1.82) is 0 Å². The minimum Gasteiger partial charge on any atom is -0.351 e. The molecule has 28 heavy (non-hydrogen) atoms. The van der Waals surface area contributed by atoms with Crippen LogP contribution < -0.4 is 10.2 Å². The molecule has 0 radical (unpaired) electrons. The Hall–Kier alpha value is -2.93. The highest BCUT2D eigenvalue weighted by atomic mass is 16.1. The number of likely N-dealkylation sites (N-methyl/N-ethyl adjacent to an activating group) is 1. The summed E-state index contributed by atoms with van der Waals surface area (Å²) >= 11 is 0. The zero-order valence-corrected chi connectivity index (χ0v) is 17.2. The first-order valence-electron chi connectivity index (χ1n) is 9.47. The quantitative estimate of drug-likeness (QED) is 0.682. The Kier molecular flexibility index (Phi) is 5.94. The van der Waals surface area contributed by atoms with Gasteiger partial charge >= 0.3 is 0 Å². The number of hydrogen-bond donors (Lipinski definition) is 1. The van der Waals surface area contributed by atoms with Gasteiger partial charge in [0.05, 0.1) is 18.0 Å². The lowest BCUT2D eigenvalue weighted by Gasteiger charge is -2.22. The summed E-state index contributed by atoms with van der Waals surface area (Å²) in [5.41, 5.74) is 4.74. The third-order valence-electron chi connectivity index (χ3n) is 4.87. The molecule has 0 saturated heterocycles. The van der Waals surface area contributed by atoms with Crippen LogP contribution in [0.25, 0.3) is 11.0 Å². The van der Waals surface area contributed by atoms with Gasteiger partial charge in [-0.2, -0.15) is 0 Å². The molecule has 0 bridgehead atoms. The van der Waals surface area contributed by atoms with Crippen LogP contribution in [0.3, 0.4) is 0 Å². The van der Waals surface area contributed by atoms with E-state index in [1.807, 2.05) is 61.9 Å². The van der Waals surface area contributed by atoms with E-state index >= 15 is 0 Å². The predicted molar refractivity (Wildman–Crippen MR) is 113 cm³/mol. The van der Waals surface area contributed by atoms with Crippen molar-refractivity contribution in [2.24, 2.45) is 7.05 Å². The number of carbonyl (C=O) groups is 1. The van der Waals surface area contributed by atoms with Gasteiger partial charge < -0.3 is 19.7 Å². The molecule has 0 saturated carbocycles. The molecule has 148 valence electrons. The Bertz CT molecular complexity index is 978. The number of aromatic nitrogens is 3. The van der Waals surface area contributed by atoms with Gasteiger partial charge in [-0.25, -0.2) is 9.97 Å². The fourth-order valence-corrected chi connectivity index (χ4v) is 3.16. The Morgan fingerprint density at radius 3 is 2.68 bits per heavy atom. The smallest absolute Gasteiger partial charge is 0.251 e. The number of rotatable bonds is 7. The number of fused-ring (bicyclic) bond motifs is 1. The summed E-state index contributed by atoms with van der Waals surface area (Å²) in [6.45, 7) is 3.54. The fourth-order valence-electron chi connectivity index (χ4n) is 3.16. The lowest BCUT2D eigenvalue weighted by atomic mass is 10.0. The van der Waals surface area contributed by atoms with Gasteiger partial charge in [0.25, 0.3) is 5.91 Å². The number of imidazole rings is 1. The van der Waals surface area contributed by atoms with E-state index in [0.29, 0.717) is 12.1 Å². The zero-order chi connectivity index (χ0) is 20.3. The van der Waals surface area contributed by atoms with E-state index in [9.17, 15) is 4.79 Å². The van der Waals surface area contributed by atoms with Gasteiger partial charge in [0.2, 0.25) is 0 Å². The van der Waals surface area contributed by atoms with Crippen molar-refractivity contribution in [1.82, 2.24) is 24.8 Å². The Balaban J connectivity index is 1.84. The number of aryl methyl sites for hydroxylation is 2. The van der Waals surface area contributed by atoms with Crippen LogP contribution in [0.15, 0.2) is 36.8 Å². The first-order chi connectivity index (χ1) is 13.4. The maximum atomic E-state index is 12.4. The van der Waals surface area contributed by atoms with Gasteiger partial charge in [0.1, 0.15) is 11.3 Å². The molecule has 1 amide bonds. The van der Waals surface area contributed by atoms with E-state index in [1.165, 1.54) is 0 Å². The molecule has 0 aliphatic rings. The van der Waals surface area contributed by atoms with Gasteiger partial charge in [-0.3, -0.25) is 4.79 Å². The Morgan fingerprint density at radius 1 is 1.18 bits per heavy atom. The first-order valence-corrected chi connectivity index (χ1v) is 9.47. The normalized spacial score (nSPS) is 11.2. The molecule has 1 N–H and O–H groups in total. The number of nitrogens with zero attached hydrogens (tertiary/aromatic N) is 5. The van der Waals surface area contributed by atoms with E-state index in [1.54, 1.807) is 12.5 Å². The number of hydrogen-bond acceptors (Lipinski definition) is 5. The maximum absolute atomic E-state index is 12.4. The minimum absolute atomic E-state index is 0.0415. The van der Waals surface area contributed by atoms with Crippen LogP contribution in [0.2, 0.25) is 0 Å². The molecule has 3 aromatic rings. The molecule has 0 atom stereocenters. The van der Waals surface area contributed by atoms with E-state index in [-0.39, 0.29) is 5.91 Å². The largest absolute Gasteiger partial charge is 0.351 e. The molecule has 0 aliphatic carbocycles. The summed E-state index contributed by atoms with van der Waals surface area (Å²) in [6.07, 6.45) is 4.41. The second-order valence-electron chi connectivity index (χ2n) is 7.20. The van der Waals surface area contributed by atoms with Crippen molar-refractivity contribution in [2.45, 2.75) is 13.3 Å². The van der Waals surface area contributed by atoms with Crippen molar-refractivity contribution < 1.29 is 4.79 Å². The third-order valence-corrected chi connectivity index (χ3v) is 4.87. The highest BCUT2D eigenvalue weighted by Crippen LogP contribution is 2.28. The van der Waals surface area contributed by atoms with Gasteiger partial charge in [-0.1, -0.05) is 6.92 Å². The molecule has 0 aliphatic heterocycles. The molecular formula is C21H28N6O. The molecule has 1 aromatic carbocycles. The molecule has 2 heterocycles. The third kappa shape index (κ3) is 4.14. The molecule has 0 fully saturated rings. The highest BCUT2D eigenvalue weighted by Gasteiger charge is 2.14. The summed E-state index contributed by atoms with van der Waals surface area (Å²) in [5, 5.41) is 2.97. The zero-order valence-electron chi connectivity index (χ0n) is 17.2. The van der Waals surface area contributed by atoms with Crippen molar-refractivity contribution in [3.63, 3.8) is 0 Å². The Morgan fingerprint density at radius 2 is 1.96 bits per heavy atom. The molecule has 7 heteroatoms. The summed E-state index contributed by atoms with van der Waals surface area (Å²) < 4.78 is 1.98. The van der Waals surface area contributed by atoms with Crippen molar-refractivity contribution in [2.75, 3.05) is 39.1 Å². The lowest BCUT2D eigenvalue weighted by molar-refractivity contribution is 0.0951. The number of nitrogens with one attached hydrogen (secondary N) is 1. The molecule has 3 rings (SSSR count). The van der Waals surface area contributed by atoms with Crippen molar-refractivity contribution in [3.8, 4) is 0 Å². The molecule has 0 spiro atoms. The topological polar surface area (TPSA) is 66.3 Å². The van der Waals surface area contributed by atoms with Gasteiger partial charge in [0, 0.05) is 44.5 Å². The van der Waals surface area contributed by atoms with Crippen LogP contribution in [0.5, 0.6) is 0 Å². The van der Waals surface area contributed by atoms with Crippen LogP contribution in [0, 0.1) is 0 Å². The number of anilines is 2. The summed E-state index contributed by atoms with van der Waals surface area (Å²) in [7, 11) is 7.95. The maximum Gasteiger partial charge on any atom is 0.251 e. The minimum atomic E-state index is -0.0415. The summed E-state index contributed by atoms with van der Waals surface area (Å²) in [5.74, 6) is 0.800. The number of carbonyl (C=O) groups excluding carboxylic acids is 1. The lowest BCUT2D eigenvalue weighted by Crippen LogP contribution is -2.31. The number of amides is 1. The predicted octanol–water partition coefficient (Wildman–Crippen LogP) is 2.59. The summed E-state index contributed by atoms with van der Waals surface area (Å²) in [4.78, 5) is 25.4. The van der Waals surface area contributed by atoms with Gasteiger partial charge in [0.15, 0.2) is 0 Å². The first kappa shape index (κ1) is 19.8. The Labute approximate surface area is 166 Å². The van der Waals surface area contributed by atoms with E-state index in [2.05, 4.69) is 27.1 Å². The number of benzene rings is 1. The average molecular weight is 380 g/mol. The van der Waals surface area contributed by atoms with E-state index < -0.39 is 0 Å². The molecule has 2 aromatic heterocycles. The SMILES string of the molecule is CCc1cc(C(=O)NCCN(C)C)ccc1N(C)c1cc2c(cn1)ncn2C. The van der Waals surface area contributed by atoms with Gasteiger partial charge in [-0.05, 0) is 44.3 Å². The van der Waals surface area contributed by atoms with Crippen LogP contribution in [0.1, 0.15) is 22.8 Å². The monoisotopic (exact) mass is 380 g/mol. The van der Waals surface area contributed by atoms with E-state index in [4.69, 9.17) is 0 Å². The average Bonchev–Trinajstić information content (AvgIpc) is 3.06. The van der Waals surface area contributed by atoms with Crippen LogP contribution in [-0.4, -0.2) is 59.6 Å². The molecular weight excluding hydrogens is 352 g/mol. The second-order valence-corrected chi connectivity index (χ2v) is 7.20. The highest BCUT2D eigenvalue weighted by molar-refractivity contribution is 5.95. The van der Waals surface area contributed by atoms with Crippen LogP contribution >= 0.6 is 0 Å². The van der Waals surface area contributed by atoms with Crippen molar-refractivity contribution >= 4 is 28.4 Å². The van der Waals surface area contributed by atoms with E-state index in [0.717, 1.165) is 41.1 Å².